The average Bonchev–Trinajstić information content (AvgIpc) is 2.24. The molecule has 1 aromatic rings. The highest BCUT2D eigenvalue weighted by Crippen LogP contribution is 2.38. The molecule has 0 aromatic heterocycles. The van der Waals surface area contributed by atoms with Crippen LogP contribution in [0.15, 0.2) is 29.2 Å². The minimum Gasteiger partial charge on any atom is -0.391 e. The van der Waals surface area contributed by atoms with E-state index in [0.717, 1.165) is 19.3 Å². The van der Waals surface area contributed by atoms with Crippen LogP contribution in [0.25, 0.3) is 0 Å². The van der Waals surface area contributed by atoms with Crippen molar-refractivity contribution in [1.82, 2.24) is 0 Å². The highest BCUT2D eigenvalue weighted by molar-refractivity contribution is 8.00. The zero-order valence-electron chi connectivity index (χ0n) is 10.2. The fraction of sp³-hybridized carbons (Fsp3) is 0.538. The molecule has 1 saturated carbocycles. The van der Waals surface area contributed by atoms with Crippen LogP contribution in [-0.4, -0.2) is 16.7 Å². The number of halogens is 3. The summed E-state index contributed by atoms with van der Waals surface area (Å²) in [7, 11) is 0. The van der Waals surface area contributed by atoms with Gasteiger partial charge in [-0.05, 0) is 48.2 Å². The third-order valence-electron chi connectivity index (χ3n) is 3.50. The molecule has 2 atom stereocenters. The second kappa shape index (κ2) is 5.73. The van der Waals surface area contributed by atoms with Gasteiger partial charge in [0.1, 0.15) is 0 Å². The van der Waals surface area contributed by atoms with Gasteiger partial charge in [-0.15, -0.1) is 0 Å². The zero-order chi connectivity index (χ0) is 14.0. The molecule has 0 spiro atoms. The number of rotatable bonds is 4. The largest absolute Gasteiger partial charge is 0.446 e. The van der Waals surface area contributed by atoms with Gasteiger partial charge < -0.3 is 10.8 Å². The van der Waals surface area contributed by atoms with Crippen LogP contribution < -0.4 is 5.73 Å². The van der Waals surface area contributed by atoms with E-state index < -0.39 is 17.7 Å². The van der Waals surface area contributed by atoms with Gasteiger partial charge in [0.15, 0.2) is 0 Å². The second-order valence-corrected chi connectivity index (χ2v) is 5.96. The Hall–Kier alpha value is -0.720. The van der Waals surface area contributed by atoms with Crippen LogP contribution in [0.2, 0.25) is 0 Å². The number of hydrogen-bond donors (Lipinski definition) is 2. The van der Waals surface area contributed by atoms with Crippen molar-refractivity contribution in [2.24, 2.45) is 11.7 Å². The number of aliphatic hydroxyl groups excluding tert-OH is 1. The maximum Gasteiger partial charge on any atom is 0.446 e. The molecule has 0 radical (unpaired) electrons. The number of hydrogen-bond acceptors (Lipinski definition) is 3. The lowest BCUT2D eigenvalue weighted by Gasteiger charge is -2.33. The first-order valence-electron chi connectivity index (χ1n) is 6.16. The lowest BCUT2D eigenvalue weighted by Crippen LogP contribution is -2.36. The lowest BCUT2D eigenvalue weighted by atomic mass is 9.77. The van der Waals surface area contributed by atoms with Gasteiger partial charge in [-0.3, -0.25) is 0 Å². The Balaban J connectivity index is 2.01. The van der Waals surface area contributed by atoms with Crippen molar-refractivity contribution in [3.05, 3.63) is 29.8 Å². The molecular weight excluding hydrogens is 275 g/mol. The number of thioether (sulfide) groups is 1. The lowest BCUT2D eigenvalue weighted by molar-refractivity contribution is -0.0328. The van der Waals surface area contributed by atoms with Crippen LogP contribution in [-0.2, 0) is 0 Å². The van der Waals surface area contributed by atoms with E-state index >= 15 is 0 Å². The van der Waals surface area contributed by atoms with Gasteiger partial charge in [0.2, 0.25) is 0 Å². The Bertz CT molecular complexity index is 417. The molecule has 106 valence electrons. The normalized spacial score (nSPS) is 19.8. The molecule has 1 aliphatic rings. The maximum atomic E-state index is 12.2. The summed E-state index contributed by atoms with van der Waals surface area (Å²) in [6.07, 6.45) is 2.43. The van der Waals surface area contributed by atoms with Crippen molar-refractivity contribution in [3.63, 3.8) is 0 Å². The van der Waals surface area contributed by atoms with E-state index in [4.69, 9.17) is 5.73 Å². The Morgan fingerprint density at radius 1 is 1.21 bits per heavy atom. The maximum absolute atomic E-state index is 12.2. The monoisotopic (exact) mass is 291 g/mol. The molecule has 0 heterocycles. The molecule has 1 aromatic carbocycles. The molecule has 1 fully saturated rings. The molecule has 6 heteroatoms. The molecule has 0 unspecified atom stereocenters. The van der Waals surface area contributed by atoms with Gasteiger partial charge in [0.25, 0.3) is 0 Å². The van der Waals surface area contributed by atoms with Crippen LogP contribution >= 0.6 is 11.8 Å². The van der Waals surface area contributed by atoms with Gasteiger partial charge in [0, 0.05) is 4.90 Å². The highest BCUT2D eigenvalue weighted by atomic mass is 32.2. The summed E-state index contributed by atoms with van der Waals surface area (Å²) in [5.41, 5.74) is 2.34. The van der Waals surface area contributed by atoms with E-state index in [2.05, 4.69) is 0 Å². The van der Waals surface area contributed by atoms with Crippen molar-refractivity contribution in [3.8, 4) is 0 Å². The van der Waals surface area contributed by atoms with Crippen LogP contribution in [0.5, 0.6) is 0 Å². The van der Waals surface area contributed by atoms with Crippen molar-refractivity contribution in [2.75, 3.05) is 0 Å². The first-order chi connectivity index (χ1) is 8.87. The number of aliphatic hydroxyl groups is 1. The van der Waals surface area contributed by atoms with Gasteiger partial charge in [-0.25, -0.2) is 0 Å². The first kappa shape index (κ1) is 14.7. The Kier molecular flexibility index (Phi) is 4.43. The average molecular weight is 291 g/mol. The van der Waals surface area contributed by atoms with E-state index in [1.165, 1.54) is 12.1 Å². The third kappa shape index (κ3) is 3.87. The third-order valence-corrected chi connectivity index (χ3v) is 4.24. The molecule has 3 N–H and O–H groups in total. The summed E-state index contributed by atoms with van der Waals surface area (Å²) in [6, 6.07) is 5.36. The topological polar surface area (TPSA) is 46.2 Å². The fourth-order valence-corrected chi connectivity index (χ4v) is 2.70. The van der Waals surface area contributed by atoms with Gasteiger partial charge >= 0.3 is 5.51 Å². The van der Waals surface area contributed by atoms with Crippen LogP contribution in [0.4, 0.5) is 13.2 Å². The van der Waals surface area contributed by atoms with Gasteiger partial charge in [-0.2, -0.15) is 13.2 Å². The molecule has 2 rings (SSSR count). The summed E-state index contributed by atoms with van der Waals surface area (Å²) in [4.78, 5) is 0.126. The Labute approximate surface area is 114 Å². The number of alkyl halides is 3. The van der Waals surface area contributed by atoms with Crippen molar-refractivity contribution in [1.29, 1.82) is 0 Å². The van der Waals surface area contributed by atoms with E-state index in [1.807, 2.05) is 0 Å². The Morgan fingerprint density at radius 3 is 2.21 bits per heavy atom. The van der Waals surface area contributed by atoms with Crippen LogP contribution in [0, 0.1) is 5.92 Å². The molecule has 0 amide bonds. The van der Waals surface area contributed by atoms with Crippen molar-refractivity contribution in [2.45, 2.75) is 41.8 Å². The zero-order valence-corrected chi connectivity index (χ0v) is 11.0. The molecule has 19 heavy (non-hydrogen) atoms. The Morgan fingerprint density at radius 2 is 1.79 bits per heavy atom. The molecule has 1 aliphatic carbocycles. The molecule has 2 nitrogen and oxygen atoms in total. The summed E-state index contributed by atoms with van der Waals surface area (Å²) in [5, 5.41) is 10.0. The predicted octanol–water partition coefficient (Wildman–Crippen LogP) is 3.46. The smallest absolute Gasteiger partial charge is 0.391 e. The second-order valence-electron chi connectivity index (χ2n) is 4.82. The van der Waals surface area contributed by atoms with Gasteiger partial charge in [-0.1, -0.05) is 18.6 Å². The van der Waals surface area contributed by atoms with Crippen LogP contribution in [0.3, 0.4) is 0 Å². The SMILES string of the molecule is N[C@@H](c1ccc(SC(F)(F)F)cc1)[C@H](O)C1CCC1. The molecule has 0 aliphatic heterocycles. The van der Waals surface area contributed by atoms with E-state index in [1.54, 1.807) is 12.1 Å². The molecule has 0 saturated heterocycles. The van der Waals surface area contributed by atoms with E-state index in [0.29, 0.717) is 5.56 Å². The minimum atomic E-state index is -4.28. The van der Waals surface area contributed by atoms with Crippen molar-refractivity contribution >= 4 is 11.8 Å². The number of nitrogens with two attached hydrogens (primary N) is 1. The van der Waals surface area contributed by atoms with E-state index in [9.17, 15) is 18.3 Å². The van der Waals surface area contributed by atoms with Crippen LogP contribution in [0.1, 0.15) is 30.9 Å². The number of benzene rings is 1. The first-order valence-corrected chi connectivity index (χ1v) is 6.98. The predicted molar refractivity (Wildman–Crippen MR) is 68.6 cm³/mol. The standard InChI is InChI=1S/C13H16F3NOS/c14-13(15,16)19-10-6-4-8(5-7-10)11(17)12(18)9-2-1-3-9/h4-7,9,11-12,18H,1-3,17H2/t11-,12+/m0/s1. The van der Waals surface area contributed by atoms with Gasteiger partial charge in [0.05, 0.1) is 12.1 Å². The minimum absolute atomic E-state index is 0.126. The fourth-order valence-electron chi connectivity index (χ4n) is 2.16. The highest BCUT2D eigenvalue weighted by Gasteiger charge is 2.31. The summed E-state index contributed by atoms with van der Waals surface area (Å²) >= 11 is -0.152. The summed E-state index contributed by atoms with van der Waals surface area (Å²) in [5.74, 6) is 0.222. The summed E-state index contributed by atoms with van der Waals surface area (Å²) in [6.45, 7) is 0. The molecule has 0 bridgehead atoms. The van der Waals surface area contributed by atoms with Crippen molar-refractivity contribution < 1.29 is 18.3 Å². The molecular formula is C13H16F3NOS. The summed E-state index contributed by atoms with van der Waals surface area (Å²) < 4.78 is 36.6. The quantitative estimate of drug-likeness (QED) is 0.835. The van der Waals surface area contributed by atoms with E-state index in [-0.39, 0.29) is 22.6 Å².